The average molecular weight is 157 g/mol. The summed E-state index contributed by atoms with van der Waals surface area (Å²) in [6.45, 7) is 2.35. The van der Waals surface area contributed by atoms with Crippen molar-refractivity contribution in [2.75, 3.05) is 6.61 Å². The molecule has 0 spiro atoms. The van der Waals surface area contributed by atoms with Gasteiger partial charge in [0.15, 0.2) is 5.76 Å². The maximum Gasteiger partial charge on any atom is 0.162 e. The van der Waals surface area contributed by atoms with Gasteiger partial charge in [0.1, 0.15) is 6.61 Å². The fourth-order valence-corrected chi connectivity index (χ4v) is 0.647. The summed E-state index contributed by atoms with van der Waals surface area (Å²) in [5.74, 6) is 0.672. The quantitative estimate of drug-likeness (QED) is 0.694. The second kappa shape index (κ2) is 4.10. The zero-order valence-corrected chi connectivity index (χ0v) is 6.36. The number of nitrogens with zero attached hydrogens (tertiary/aromatic N) is 1. The number of hydrogen-bond donors (Lipinski definition) is 1. The Morgan fingerprint density at radius 2 is 2.64 bits per heavy atom. The number of hydrogen-bond acceptors (Lipinski definition) is 4. The lowest BCUT2D eigenvalue weighted by Gasteiger charge is -2.02. The van der Waals surface area contributed by atoms with Crippen molar-refractivity contribution in [3.63, 3.8) is 0 Å². The van der Waals surface area contributed by atoms with E-state index in [-0.39, 0.29) is 0 Å². The fourth-order valence-electron chi connectivity index (χ4n) is 0.647. The van der Waals surface area contributed by atoms with Gasteiger partial charge < -0.3 is 14.4 Å². The summed E-state index contributed by atoms with van der Waals surface area (Å²) in [5, 5.41) is 12.3. The Kier molecular flexibility index (Phi) is 3.07. The molecular weight excluding hydrogens is 146 g/mol. The Hall–Kier alpha value is -0.870. The van der Waals surface area contributed by atoms with Crippen molar-refractivity contribution >= 4 is 0 Å². The zero-order valence-electron chi connectivity index (χ0n) is 6.36. The van der Waals surface area contributed by atoms with E-state index < -0.39 is 6.10 Å². The van der Waals surface area contributed by atoms with Gasteiger partial charge in [-0.15, -0.1) is 0 Å². The molecule has 0 bridgehead atoms. The van der Waals surface area contributed by atoms with Gasteiger partial charge in [0.25, 0.3) is 0 Å². The number of ether oxygens (including phenoxy) is 1. The van der Waals surface area contributed by atoms with Crippen molar-refractivity contribution in [2.45, 2.75) is 19.6 Å². The van der Waals surface area contributed by atoms with Crippen molar-refractivity contribution in [1.29, 1.82) is 0 Å². The molecule has 0 saturated carbocycles. The van der Waals surface area contributed by atoms with Gasteiger partial charge in [0.05, 0.1) is 18.9 Å². The molecule has 1 heterocycles. The average Bonchev–Trinajstić information content (AvgIpc) is 2.39. The molecule has 1 aromatic rings. The van der Waals surface area contributed by atoms with Crippen LogP contribution in [0, 0.1) is 0 Å². The van der Waals surface area contributed by atoms with Crippen molar-refractivity contribution in [3.05, 3.63) is 18.0 Å². The number of rotatable bonds is 4. The van der Waals surface area contributed by atoms with Crippen LogP contribution in [0.3, 0.4) is 0 Å². The largest absolute Gasteiger partial charge is 0.391 e. The molecule has 0 aliphatic heterocycles. The SMILES string of the molecule is CC(O)COCc1ccno1. The molecular formula is C7H11NO3. The van der Waals surface area contributed by atoms with Gasteiger partial charge in [-0.2, -0.15) is 0 Å². The van der Waals surface area contributed by atoms with E-state index in [0.717, 1.165) is 0 Å². The highest BCUT2D eigenvalue weighted by Crippen LogP contribution is 1.98. The van der Waals surface area contributed by atoms with E-state index in [4.69, 9.17) is 14.4 Å². The Bertz CT molecular complexity index is 184. The molecule has 0 fully saturated rings. The minimum atomic E-state index is -0.432. The first kappa shape index (κ1) is 8.23. The number of aliphatic hydroxyl groups is 1. The van der Waals surface area contributed by atoms with E-state index in [2.05, 4.69) is 5.16 Å². The number of aromatic nitrogens is 1. The third kappa shape index (κ3) is 3.15. The molecule has 1 aromatic heterocycles. The molecule has 4 nitrogen and oxygen atoms in total. The highest BCUT2D eigenvalue weighted by atomic mass is 16.5. The summed E-state index contributed by atoms with van der Waals surface area (Å²) < 4.78 is 9.81. The van der Waals surface area contributed by atoms with Gasteiger partial charge in [-0.05, 0) is 6.92 Å². The van der Waals surface area contributed by atoms with E-state index in [1.165, 1.54) is 0 Å². The van der Waals surface area contributed by atoms with Crippen LogP contribution in [0.5, 0.6) is 0 Å². The van der Waals surface area contributed by atoms with Crippen LogP contribution in [-0.4, -0.2) is 23.0 Å². The Labute approximate surface area is 64.8 Å². The normalized spacial score (nSPS) is 13.3. The second-order valence-corrected chi connectivity index (χ2v) is 2.34. The van der Waals surface area contributed by atoms with Crippen LogP contribution in [0.2, 0.25) is 0 Å². The molecule has 1 N–H and O–H groups in total. The molecule has 11 heavy (non-hydrogen) atoms. The highest BCUT2D eigenvalue weighted by molar-refractivity contribution is 4.89. The third-order valence-corrected chi connectivity index (χ3v) is 1.09. The maximum absolute atomic E-state index is 8.81. The Morgan fingerprint density at radius 1 is 1.82 bits per heavy atom. The van der Waals surface area contributed by atoms with Crippen LogP contribution < -0.4 is 0 Å². The van der Waals surface area contributed by atoms with Crippen molar-refractivity contribution in [1.82, 2.24) is 5.16 Å². The predicted molar refractivity (Wildman–Crippen MR) is 37.8 cm³/mol. The molecule has 1 unspecified atom stereocenters. The van der Waals surface area contributed by atoms with Crippen LogP contribution in [0.4, 0.5) is 0 Å². The van der Waals surface area contributed by atoms with Gasteiger partial charge in [-0.25, -0.2) is 0 Å². The minimum absolute atomic E-state index is 0.320. The summed E-state index contributed by atoms with van der Waals surface area (Å²) in [6.07, 6.45) is 1.12. The fraction of sp³-hybridized carbons (Fsp3) is 0.571. The van der Waals surface area contributed by atoms with Gasteiger partial charge in [0, 0.05) is 6.07 Å². The van der Waals surface area contributed by atoms with Gasteiger partial charge in [-0.3, -0.25) is 0 Å². The minimum Gasteiger partial charge on any atom is -0.391 e. The standard InChI is InChI=1S/C7H11NO3/c1-6(9)4-10-5-7-2-3-8-11-7/h2-3,6,9H,4-5H2,1H3. The molecule has 0 aliphatic rings. The van der Waals surface area contributed by atoms with Gasteiger partial charge in [-0.1, -0.05) is 5.16 Å². The Balaban J connectivity index is 2.14. The van der Waals surface area contributed by atoms with Crippen LogP contribution in [0.25, 0.3) is 0 Å². The zero-order chi connectivity index (χ0) is 8.10. The molecule has 0 saturated heterocycles. The predicted octanol–water partition coefficient (Wildman–Crippen LogP) is 0.572. The Morgan fingerprint density at radius 3 is 3.18 bits per heavy atom. The summed E-state index contributed by atoms with van der Waals surface area (Å²) in [4.78, 5) is 0. The van der Waals surface area contributed by atoms with E-state index in [1.807, 2.05) is 0 Å². The van der Waals surface area contributed by atoms with Crippen molar-refractivity contribution in [3.8, 4) is 0 Å². The lowest BCUT2D eigenvalue weighted by atomic mass is 10.4. The molecule has 0 radical (unpaired) electrons. The van der Waals surface area contributed by atoms with Crippen LogP contribution in [-0.2, 0) is 11.3 Å². The van der Waals surface area contributed by atoms with Crippen LogP contribution in [0.1, 0.15) is 12.7 Å². The van der Waals surface area contributed by atoms with Crippen molar-refractivity contribution < 1.29 is 14.4 Å². The molecule has 4 heteroatoms. The lowest BCUT2D eigenvalue weighted by Crippen LogP contribution is -2.09. The molecule has 0 aliphatic carbocycles. The molecule has 1 rings (SSSR count). The first-order chi connectivity index (χ1) is 5.29. The smallest absolute Gasteiger partial charge is 0.162 e. The first-order valence-corrected chi connectivity index (χ1v) is 3.44. The van der Waals surface area contributed by atoms with E-state index in [1.54, 1.807) is 19.2 Å². The highest BCUT2D eigenvalue weighted by Gasteiger charge is 1.98. The third-order valence-electron chi connectivity index (χ3n) is 1.09. The number of aliphatic hydroxyl groups excluding tert-OH is 1. The summed E-state index contributed by atoms with van der Waals surface area (Å²) >= 11 is 0. The topological polar surface area (TPSA) is 55.5 Å². The van der Waals surface area contributed by atoms with E-state index in [0.29, 0.717) is 19.0 Å². The molecule has 1 atom stereocenters. The monoisotopic (exact) mass is 157 g/mol. The molecule has 0 amide bonds. The van der Waals surface area contributed by atoms with Gasteiger partial charge >= 0.3 is 0 Å². The lowest BCUT2D eigenvalue weighted by molar-refractivity contribution is 0.0289. The van der Waals surface area contributed by atoms with Crippen LogP contribution >= 0.6 is 0 Å². The summed E-state index contributed by atoms with van der Waals surface area (Å²) in [7, 11) is 0. The van der Waals surface area contributed by atoms with Crippen LogP contribution in [0.15, 0.2) is 16.8 Å². The van der Waals surface area contributed by atoms with E-state index >= 15 is 0 Å². The van der Waals surface area contributed by atoms with E-state index in [9.17, 15) is 0 Å². The summed E-state index contributed by atoms with van der Waals surface area (Å²) in [5.41, 5.74) is 0. The maximum atomic E-state index is 8.81. The molecule has 0 aromatic carbocycles. The molecule has 62 valence electrons. The summed E-state index contributed by atoms with van der Waals surface area (Å²) in [6, 6.07) is 1.72. The second-order valence-electron chi connectivity index (χ2n) is 2.34. The van der Waals surface area contributed by atoms with Gasteiger partial charge in [0.2, 0.25) is 0 Å². The van der Waals surface area contributed by atoms with Crippen molar-refractivity contribution in [2.24, 2.45) is 0 Å². The first-order valence-electron chi connectivity index (χ1n) is 3.44.